The Morgan fingerprint density at radius 3 is 1.48 bits per heavy atom. The molecule has 0 aromatic carbocycles. The van der Waals surface area contributed by atoms with Crippen LogP contribution in [0.3, 0.4) is 0 Å². The second-order valence-electron chi connectivity index (χ2n) is 3.53. The molecule has 0 amide bonds. The van der Waals surface area contributed by atoms with Crippen LogP contribution in [0.5, 0.6) is 0 Å². The molecule has 0 aromatic rings. The lowest BCUT2D eigenvalue weighted by molar-refractivity contribution is -0.150. The van der Waals surface area contributed by atoms with E-state index in [1.54, 1.807) is 6.92 Å². The Kier molecular flexibility index (Phi) is 65.8. The fraction of sp³-hybridized carbons (Fsp3) is 0.647. The molecule has 0 saturated heterocycles. The lowest BCUT2D eigenvalue weighted by Gasteiger charge is -2.02. The normalized spacial score (nSPS) is 6.96. The molecule has 0 aliphatic rings. The van der Waals surface area contributed by atoms with Crippen molar-refractivity contribution in [3.8, 4) is 0 Å². The highest BCUT2D eigenvalue weighted by Gasteiger charge is 1.97. The van der Waals surface area contributed by atoms with E-state index in [1.165, 1.54) is 6.92 Å². The molecule has 0 aromatic heterocycles. The predicted molar refractivity (Wildman–Crippen MR) is 96.2 cm³/mol. The number of unbranched alkanes of at least 4 members (excludes halogenated alkanes) is 3. The van der Waals surface area contributed by atoms with Gasteiger partial charge in [-0.15, -0.1) is 0 Å². The highest BCUT2D eigenvalue weighted by atomic mass is 16.6. The van der Waals surface area contributed by atoms with Crippen LogP contribution in [0.4, 0.5) is 0 Å². The molecule has 0 fully saturated rings. The third-order valence-corrected chi connectivity index (χ3v) is 1.83. The van der Waals surface area contributed by atoms with E-state index >= 15 is 0 Å². The summed E-state index contributed by atoms with van der Waals surface area (Å²) in [4.78, 5) is 56.0. The molecule has 0 radical (unpaired) electrons. The number of carbonyl (C=O) groups excluding carboxylic acids is 6. The summed E-state index contributed by atoms with van der Waals surface area (Å²) in [6, 6.07) is 0. The van der Waals surface area contributed by atoms with Crippen molar-refractivity contribution in [2.75, 3.05) is 13.2 Å². The van der Waals surface area contributed by atoms with Gasteiger partial charge >= 0.3 is 11.9 Å². The Labute approximate surface area is 151 Å². The summed E-state index contributed by atoms with van der Waals surface area (Å²) >= 11 is 0. The third-order valence-electron chi connectivity index (χ3n) is 1.83. The Morgan fingerprint density at radius 2 is 1.20 bits per heavy atom. The van der Waals surface area contributed by atoms with Gasteiger partial charge in [-0.2, -0.15) is 0 Å². The highest BCUT2D eigenvalue weighted by Crippen LogP contribution is 1.93. The van der Waals surface area contributed by atoms with Crippen molar-refractivity contribution in [2.24, 2.45) is 0 Å². The molecule has 0 heterocycles. The minimum absolute atomic E-state index is 0. The van der Waals surface area contributed by atoms with Crippen molar-refractivity contribution >= 4 is 38.1 Å². The summed E-state index contributed by atoms with van der Waals surface area (Å²) in [6.07, 6.45) is 4.99. The largest absolute Gasteiger partial charge is 0.462 e. The van der Waals surface area contributed by atoms with Crippen molar-refractivity contribution in [1.29, 1.82) is 0 Å². The van der Waals surface area contributed by atoms with Crippen LogP contribution in [-0.2, 0) is 38.2 Å². The quantitative estimate of drug-likeness (QED) is 0.346. The Bertz CT molecular complexity index is 280. The first-order valence-electron chi connectivity index (χ1n) is 6.82. The van der Waals surface area contributed by atoms with Crippen LogP contribution in [0.1, 0.15) is 60.8 Å². The number of hydrogen-bond acceptors (Lipinski definition) is 8. The number of carbonyl (C=O) groups is 6. The molecule has 0 rings (SSSR count). The van der Waals surface area contributed by atoms with Gasteiger partial charge in [0.15, 0.2) is 0 Å². The van der Waals surface area contributed by atoms with E-state index in [1.807, 2.05) is 13.6 Å². The van der Waals surface area contributed by atoms with Gasteiger partial charge < -0.3 is 28.7 Å². The summed E-state index contributed by atoms with van der Waals surface area (Å²) in [6.45, 7) is 7.29. The molecule has 0 saturated carbocycles. The minimum atomic E-state index is -0.363. The number of aldehydes is 2. The van der Waals surface area contributed by atoms with Gasteiger partial charge in [0.2, 0.25) is 0 Å². The van der Waals surface area contributed by atoms with E-state index in [4.69, 9.17) is 9.59 Å². The zero-order chi connectivity index (χ0) is 18.9. The highest BCUT2D eigenvalue weighted by molar-refractivity contribution is 5.69. The molecule has 0 aliphatic heterocycles. The maximum absolute atomic E-state index is 10.5. The van der Waals surface area contributed by atoms with Crippen molar-refractivity contribution < 1.29 is 38.2 Å². The van der Waals surface area contributed by atoms with Crippen molar-refractivity contribution in [3.63, 3.8) is 0 Å². The average Bonchev–Trinajstić information content (AvgIpc) is 2.59. The zero-order valence-corrected chi connectivity index (χ0v) is 13.8. The number of esters is 2. The predicted octanol–water partition coefficient (Wildman–Crippen LogP) is 2.35. The molecule has 8 nitrogen and oxygen atoms in total. The molecule has 0 unspecified atom stereocenters. The monoisotopic (exact) mass is 366 g/mol. The molecule has 150 valence electrons. The SMILES string of the molecule is C.C.C=O.C=O.CCC(=O)OCCOC(C)=O.O=CCCCCC=O. The molecule has 0 bridgehead atoms. The van der Waals surface area contributed by atoms with Crippen molar-refractivity contribution in [3.05, 3.63) is 0 Å². The summed E-state index contributed by atoms with van der Waals surface area (Å²) in [7, 11) is 0. The minimum Gasteiger partial charge on any atom is -0.462 e. The Balaban J connectivity index is -0.0000000576. The van der Waals surface area contributed by atoms with Crippen LogP contribution in [-0.4, -0.2) is 51.3 Å². The topological polar surface area (TPSA) is 121 Å². The smallest absolute Gasteiger partial charge is 0.305 e. The van der Waals surface area contributed by atoms with Gasteiger partial charge in [-0.05, 0) is 12.8 Å². The van der Waals surface area contributed by atoms with E-state index in [0.29, 0.717) is 19.3 Å². The van der Waals surface area contributed by atoms with E-state index in [9.17, 15) is 19.2 Å². The third kappa shape index (κ3) is 61.6. The lowest BCUT2D eigenvalue weighted by atomic mass is 10.2. The molecule has 0 atom stereocenters. The van der Waals surface area contributed by atoms with E-state index in [2.05, 4.69) is 9.47 Å². The fourth-order valence-electron chi connectivity index (χ4n) is 0.898. The van der Waals surface area contributed by atoms with Crippen LogP contribution in [0.15, 0.2) is 0 Å². The summed E-state index contributed by atoms with van der Waals surface area (Å²) < 4.78 is 9.15. The van der Waals surface area contributed by atoms with Crippen molar-refractivity contribution in [1.82, 2.24) is 0 Å². The number of hydrogen-bond donors (Lipinski definition) is 0. The van der Waals surface area contributed by atoms with E-state index in [0.717, 1.165) is 25.4 Å². The zero-order valence-electron chi connectivity index (χ0n) is 13.8. The van der Waals surface area contributed by atoms with Crippen LogP contribution < -0.4 is 0 Å². The Morgan fingerprint density at radius 1 is 0.840 bits per heavy atom. The van der Waals surface area contributed by atoms with Gasteiger partial charge in [-0.3, -0.25) is 9.59 Å². The molecule has 8 heteroatoms. The van der Waals surface area contributed by atoms with Crippen LogP contribution in [0.2, 0.25) is 0 Å². The van der Waals surface area contributed by atoms with Gasteiger partial charge in [0, 0.05) is 26.2 Å². The number of ether oxygens (including phenoxy) is 2. The first-order valence-corrected chi connectivity index (χ1v) is 6.82. The first-order chi connectivity index (χ1) is 11.1. The molecular weight excluding hydrogens is 332 g/mol. The van der Waals surface area contributed by atoms with Gasteiger partial charge in [0.1, 0.15) is 39.4 Å². The van der Waals surface area contributed by atoms with Gasteiger partial charge in [0.05, 0.1) is 0 Å². The molecule has 0 spiro atoms. The molecule has 0 N–H and O–H groups in total. The maximum Gasteiger partial charge on any atom is 0.305 e. The van der Waals surface area contributed by atoms with Crippen molar-refractivity contribution in [2.45, 2.75) is 60.8 Å². The standard InChI is InChI=1S/C7H12O4.C6H10O2.2CH2O.2CH4/c1-3-7(9)11-5-4-10-6(2)8;7-5-3-1-2-4-6-8;2*1-2;;/h3-5H2,1-2H3;5-6H,1-4H2;2*1H2;2*1H4. The molecule has 0 aliphatic carbocycles. The van der Waals surface area contributed by atoms with E-state index < -0.39 is 0 Å². The van der Waals surface area contributed by atoms with Crippen LogP contribution in [0, 0.1) is 0 Å². The van der Waals surface area contributed by atoms with Gasteiger partial charge in [-0.25, -0.2) is 0 Å². The van der Waals surface area contributed by atoms with E-state index in [-0.39, 0.29) is 40.0 Å². The van der Waals surface area contributed by atoms with Crippen LogP contribution >= 0.6 is 0 Å². The second-order valence-corrected chi connectivity index (χ2v) is 3.53. The molecule has 25 heavy (non-hydrogen) atoms. The fourth-order valence-corrected chi connectivity index (χ4v) is 0.898. The maximum atomic E-state index is 10.5. The summed E-state index contributed by atoms with van der Waals surface area (Å²) in [5.41, 5.74) is 0. The average molecular weight is 366 g/mol. The number of rotatable bonds is 9. The lowest BCUT2D eigenvalue weighted by Crippen LogP contribution is -2.11. The molecular formula is C17H34O8. The van der Waals surface area contributed by atoms with Crippen LogP contribution in [0.25, 0.3) is 0 Å². The second kappa shape index (κ2) is 43.0. The Hall–Kier alpha value is -2.38. The first kappa shape index (κ1) is 38.3. The van der Waals surface area contributed by atoms with Gasteiger partial charge in [0.25, 0.3) is 0 Å². The summed E-state index contributed by atoms with van der Waals surface area (Å²) in [5.74, 6) is -0.644. The van der Waals surface area contributed by atoms with Gasteiger partial charge in [-0.1, -0.05) is 21.8 Å². The summed E-state index contributed by atoms with van der Waals surface area (Å²) in [5, 5.41) is 0.